The number of benzene rings is 1. The summed E-state index contributed by atoms with van der Waals surface area (Å²) in [6.45, 7) is 0. The number of nitrogens with zero attached hydrogens (tertiary/aromatic N) is 1. The Labute approximate surface area is 161 Å². The molecule has 1 aliphatic carbocycles. The summed E-state index contributed by atoms with van der Waals surface area (Å²) in [5, 5.41) is 10.3. The van der Waals surface area contributed by atoms with E-state index in [1.54, 1.807) is 0 Å². The monoisotopic (exact) mass is 480 g/mol. The summed E-state index contributed by atoms with van der Waals surface area (Å²) >= 11 is 5.37. The van der Waals surface area contributed by atoms with Crippen LogP contribution in [0.1, 0.15) is 0 Å². The molecule has 0 aromatic heterocycles. The lowest BCUT2D eigenvalue weighted by molar-refractivity contribution is -0.475. The van der Waals surface area contributed by atoms with E-state index in [-0.39, 0.29) is 0 Å². The lowest BCUT2D eigenvalue weighted by atomic mass is 9.71. The molecule has 1 aliphatic rings. The molecule has 1 amide bonds. The fourth-order valence-corrected chi connectivity index (χ4v) is 2.66. The number of non-ortho nitro benzene ring substituents is 1. The molecule has 0 saturated heterocycles. The van der Waals surface area contributed by atoms with E-state index < -0.39 is 62.5 Å². The van der Waals surface area contributed by atoms with Crippen molar-refractivity contribution in [1.82, 2.24) is 0 Å². The number of amides is 1. The molecule has 0 heterocycles. The third kappa shape index (κ3) is 2.51. The zero-order valence-electron chi connectivity index (χ0n) is 13.4. The summed E-state index contributed by atoms with van der Waals surface area (Å²) in [6.07, 6.45) is 0. The minimum Gasteiger partial charge on any atom is -0.322 e. The van der Waals surface area contributed by atoms with Crippen molar-refractivity contribution < 1.29 is 58.0 Å². The number of anilines is 1. The van der Waals surface area contributed by atoms with E-state index in [2.05, 4.69) is 0 Å². The Morgan fingerprint density at radius 3 is 1.60 bits per heavy atom. The molecule has 1 N–H and O–H groups in total. The van der Waals surface area contributed by atoms with Gasteiger partial charge >= 0.3 is 35.3 Å². The zero-order valence-corrected chi connectivity index (χ0v) is 14.2. The second-order valence-corrected chi connectivity index (χ2v) is 6.31. The van der Waals surface area contributed by atoms with Crippen molar-refractivity contribution in [2.24, 2.45) is 0 Å². The average molecular weight is 481 g/mol. The number of nitro benzene ring substituents is 1. The topological polar surface area (TPSA) is 72.2 Å². The maximum absolute atomic E-state index is 14.5. The summed E-state index contributed by atoms with van der Waals surface area (Å²) in [7, 11) is 0. The van der Waals surface area contributed by atoms with Crippen LogP contribution in [0.4, 0.5) is 59.7 Å². The number of carbonyl (C=O) groups excluding carboxylic acids is 1. The first-order valence-electron chi connectivity index (χ1n) is 7.05. The number of carbonyl (C=O) groups is 1. The zero-order chi connectivity index (χ0) is 23.7. The van der Waals surface area contributed by atoms with E-state index in [0.717, 1.165) is 5.32 Å². The summed E-state index contributed by atoms with van der Waals surface area (Å²) < 4.78 is 149. The van der Waals surface area contributed by atoms with Gasteiger partial charge in [0.2, 0.25) is 0 Å². The van der Waals surface area contributed by atoms with E-state index in [4.69, 9.17) is 11.6 Å². The quantitative estimate of drug-likeness (QED) is 0.372. The van der Waals surface area contributed by atoms with Gasteiger partial charge in [-0.05, 0) is 6.07 Å². The smallest absolute Gasteiger partial charge is 0.322 e. The van der Waals surface area contributed by atoms with Crippen LogP contribution in [0.15, 0.2) is 18.2 Å². The highest BCUT2D eigenvalue weighted by atomic mass is 35.5. The van der Waals surface area contributed by atoms with Crippen LogP contribution < -0.4 is 5.32 Å². The maximum Gasteiger partial charge on any atom is 0.384 e. The molecule has 0 spiro atoms. The Kier molecular flexibility index (Phi) is 5.02. The lowest BCUT2D eigenvalue weighted by Crippen LogP contribution is -2.86. The third-order valence-electron chi connectivity index (χ3n) is 4.17. The molecule has 30 heavy (non-hydrogen) atoms. The van der Waals surface area contributed by atoms with Gasteiger partial charge in [-0.3, -0.25) is 14.9 Å². The van der Waals surface area contributed by atoms with Gasteiger partial charge in [0.1, 0.15) is 0 Å². The second-order valence-electron chi connectivity index (χ2n) is 5.91. The van der Waals surface area contributed by atoms with Crippen LogP contribution in [0, 0.1) is 10.1 Å². The molecule has 1 aromatic rings. The van der Waals surface area contributed by atoms with Crippen LogP contribution in [0.5, 0.6) is 0 Å². The van der Waals surface area contributed by atoms with E-state index >= 15 is 0 Å². The highest BCUT2D eigenvalue weighted by Crippen LogP contribution is 2.69. The Hall–Kier alpha value is -2.39. The largest absolute Gasteiger partial charge is 0.384 e. The highest BCUT2D eigenvalue weighted by molar-refractivity contribution is 6.34. The van der Waals surface area contributed by atoms with E-state index in [1.807, 2.05) is 0 Å². The van der Waals surface area contributed by atoms with Crippen molar-refractivity contribution in [3.8, 4) is 0 Å². The first-order valence-corrected chi connectivity index (χ1v) is 7.43. The first-order chi connectivity index (χ1) is 13.2. The summed E-state index contributed by atoms with van der Waals surface area (Å²) in [5.41, 5.74) is -8.93. The summed E-state index contributed by atoms with van der Waals surface area (Å²) in [6, 6.07) is 1.13. The van der Waals surface area contributed by atoms with Gasteiger partial charge in [0.15, 0.2) is 0 Å². The predicted molar refractivity (Wildman–Crippen MR) is 75.3 cm³/mol. The van der Waals surface area contributed by atoms with Crippen LogP contribution >= 0.6 is 11.6 Å². The molecule has 5 nitrogen and oxygen atoms in total. The van der Waals surface area contributed by atoms with Crippen molar-refractivity contribution in [3.63, 3.8) is 0 Å². The average Bonchev–Trinajstić information content (AvgIpc) is 2.60. The van der Waals surface area contributed by atoms with Gasteiger partial charge in [0.25, 0.3) is 11.6 Å². The minimum atomic E-state index is -7.46. The molecule has 17 heteroatoms. The van der Waals surface area contributed by atoms with Gasteiger partial charge < -0.3 is 5.32 Å². The van der Waals surface area contributed by atoms with Crippen LogP contribution in [0.2, 0.25) is 5.02 Å². The number of alkyl halides is 11. The second kappa shape index (κ2) is 6.31. The molecule has 0 bridgehead atoms. The number of nitrogens with one attached hydrogen (secondary N) is 1. The molecule has 1 aromatic carbocycles. The van der Waals surface area contributed by atoms with Gasteiger partial charge in [0, 0.05) is 12.1 Å². The van der Waals surface area contributed by atoms with Crippen LogP contribution in [-0.2, 0) is 4.79 Å². The molecular weight excluding hydrogens is 477 g/mol. The van der Waals surface area contributed by atoms with Crippen molar-refractivity contribution in [1.29, 1.82) is 0 Å². The van der Waals surface area contributed by atoms with E-state index in [9.17, 15) is 63.2 Å². The lowest BCUT2D eigenvalue weighted by Gasteiger charge is -2.51. The van der Waals surface area contributed by atoms with Crippen molar-refractivity contribution in [2.45, 2.75) is 35.3 Å². The molecule has 1 fully saturated rings. The number of rotatable bonds is 3. The van der Waals surface area contributed by atoms with Gasteiger partial charge in [0.05, 0.1) is 15.6 Å². The summed E-state index contributed by atoms with van der Waals surface area (Å²) in [5.74, 6) is -40.7. The Bertz CT molecular complexity index is 892. The molecule has 1 saturated carbocycles. The molecular formula is C13H4ClF11N2O3. The Morgan fingerprint density at radius 2 is 1.23 bits per heavy atom. The Morgan fingerprint density at radius 1 is 0.833 bits per heavy atom. The molecule has 0 aliphatic heterocycles. The molecule has 0 unspecified atom stereocenters. The van der Waals surface area contributed by atoms with Crippen LogP contribution in [0.3, 0.4) is 0 Å². The normalized spacial score (nSPS) is 24.7. The SMILES string of the molecule is O=C(Nc1ccc([N+](=O)[O-])cc1Cl)C1(F)C(F)(F)C(F)(F)C(F)(F)C(F)(F)C1(F)F. The van der Waals surface area contributed by atoms with E-state index in [0.29, 0.717) is 18.2 Å². The molecule has 168 valence electrons. The third-order valence-corrected chi connectivity index (χ3v) is 4.48. The number of halogens is 12. The first kappa shape index (κ1) is 23.9. The number of hydrogen-bond donors (Lipinski definition) is 1. The van der Waals surface area contributed by atoms with Crippen LogP contribution in [0.25, 0.3) is 0 Å². The van der Waals surface area contributed by atoms with Crippen LogP contribution in [-0.4, -0.2) is 46.1 Å². The Balaban J connectivity index is 2.65. The summed E-state index contributed by atoms with van der Waals surface area (Å²) in [4.78, 5) is 21.2. The van der Waals surface area contributed by atoms with Crippen molar-refractivity contribution >= 4 is 28.9 Å². The number of nitro groups is 1. The fraction of sp³-hybridized carbons (Fsp3) is 0.462. The maximum atomic E-state index is 14.5. The van der Waals surface area contributed by atoms with Gasteiger partial charge in [-0.25, -0.2) is 4.39 Å². The molecule has 2 rings (SSSR count). The van der Waals surface area contributed by atoms with Gasteiger partial charge in [-0.2, -0.15) is 43.9 Å². The highest BCUT2D eigenvalue weighted by Gasteiger charge is 3.02. The minimum absolute atomic E-state index is 0.325. The molecule has 0 atom stereocenters. The van der Waals surface area contributed by atoms with Gasteiger partial charge in [-0.1, -0.05) is 11.6 Å². The molecule has 0 radical (unpaired) electrons. The standard InChI is InChI=1S/C13H4ClF11N2O3/c14-5-3-4(27(29)30)1-2-6(5)26-7(28)8(15)9(16,17)11(20,21)13(24,25)12(22,23)10(8,18)19/h1-3H,(H,26,28). The fourth-order valence-electron chi connectivity index (χ4n) is 2.43. The van der Waals surface area contributed by atoms with E-state index in [1.165, 1.54) is 0 Å². The predicted octanol–water partition coefficient (Wildman–Crippen LogP) is 5.09. The number of hydrogen-bond acceptors (Lipinski definition) is 3. The van der Waals surface area contributed by atoms with Gasteiger partial charge in [-0.15, -0.1) is 0 Å². The van der Waals surface area contributed by atoms with Crippen molar-refractivity contribution in [2.75, 3.05) is 5.32 Å². The van der Waals surface area contributed by atoms with Crippen molar-refractivity contribution in [3.05, 3.63) is 33.3 Å².